The topological polar surface area (TPSA) is 116 Å². The van der Waals surface area contributed by atoms with Crippen LogP contribution in [0.15, 0.2) is 16.1 Å². The van der Waals surface area contributed by atoms with Crippen LogP contribution >= 0.6 is 0 Å². The minimum absolute atomic E-state index is 0.257. The molecule has 9 nitrogen and oxygen atoms in total. The summed E-state index contributed by atoms with van der Waals surface area (Å²) in [6.45, 7) is 3.51. The second kappa shape index (κ2) is 7.21. The Balaban J connectivity index is 1.86. The number of ether oxygens (including phenoxy) is 1. The van der Waals surface area contributed by atoms with Crippen molar-refractivity contribution in [3.05, 3.63) is 32.7 Å². The van der Waals surface area contributed by atoms with Gasteiger partial charge in [0.1, 0.15) is 12.0 Å². The quantitative estimate of drug-likeness (QED) is 0.509. The molecule has 0 unspecified atom stereocenters. The zero-order valence-corrected chi connectivity index (χ0v) is 13.7. The van der Waals surface area contributed by atoms with Gasteiger partial charge in [-0.25, -0.2) is 4.79 Å². The van der Waals surface area contributed by atoms with E-state index in [1.807, 2.05) is 6.92 Å². The normalized spacial score (nSPS) is 27.1. The van der Waals surface area contributed by atoms with Crippen molar-refractivity contribution >= 4 is 5.82 Å². The van der Waals surface area contributed by atoms with Gasteiger partial charge in [0.15, 0.2) is 0 Å². The van der Waals surface area contributed by atoms with E-state index in [-0.39, 0.29) is 12.3 Å². The van der Waals surface area contributed by atoms with Gasteiger partial charge in [0.05, 0.1) is 18.8 Å². The Morgan fingerprint density at radius 1 is 1.46 bits per heavy atom. The molecule has 24 heavy (non-hydrogen) atoms. The molecule has 1 N–H and O–H groups in total. The SMILES string of the molecule is Cc1cn([C@H]2C[C@H](N=[N+]=[N-])[C@@H](CO)O2)c(=O)nc1N1CCCCC1. The van der Waals surface area contributed by atoms with Crippen molar-refractivity contribution in [2.75, 3.05) is 24.6 Å². The summed E-state index contributed by atoms with van der Waals surface area (Å²) < 4.78 is 7.11. The lowest BCUT2D eigenvalue weighted by molar-refractivity contribution is -0.0270. The number of hydrogen-bond acceptors (Lipinski definition) is 6. The summed E-state index contributed by atoms with van der Waals surface area (Å²) in [5.74, 6) is 0.735. The van der Waals surface area contributed by atoms with Gasteiger partial charge in [-0.1, -0.05) is 5.11 Å². The minimum atomic E-state index is -0.597. The van der Waals surface area contributed by atoms with Crippen LogP contribution in [0.3, 0.4) is 0 Å². The molecule has 0 aromatic carbocycles. The maximum atomic E-state index is 12.5. The lowest BCUT2D eigenvalue weighted by atomic mass is 10.1. The average molecular weight is 334 g/mol. The van der Waals surface area contributed by atoms with Gasteiger partial charge in [-0.3, -0.25) is 4.57 Å². The number of hydrogen-bond donors (Lipinski definition) is 1. The van der Waals surface area contributed by atoms with E-state index >= 15 is 0 Å². The molecule has 0 radical (unpaired) electrons. The van der Waals surface area contributed by atoms with Crippen molar-refractivity contribution in [3.63, 3.8) is 0 Å². The molecular weight excluding hydrogens is 312 g/mol. The highest BCUT2D eigenvalue weighted by Gasteiger charge is 2.36. The van der Waals surface area contributed by atoms with E-state index < -0.39 is 18.4 Å². The summed E-state index contributed by atoms with van der Waals surface area (Å²) in [5, 5.41) is 13.0. The van der Waals surface area contributed by atoms with Crippen molar-refractivity contribution in [1.29, 1.82) is 0 Å². The molecule has 2 saturated heterocycles. The van der Waals surface area contributed by atoms with Gasteiger partial charge < -0.3 is 14.7 Å². The predicted octanol–water partition coefficient (Wildman–Crippen LogP) is 1.50. The third-order valence-corrected chi connectivity index (χ3v) is 4.66. The Bertz CT molecular complexity index is 693. The second-order valence-electron chi connectivity index (χ2n) is 6.30. The number of aryl methyl sites for hydroxylation is 1. The van der Waals surface area contributed by atoms with Crippen LogP contribution in [0.25, 0.3) is 10.4 Å². The van der Waals surface area contributed by atoms with Gasteiger partial charge in [0.25, 0.3) is 0 Å². The fourth-order valence-electron chi connectivity index (χ4n) is 3.43. The van der Waals surface area contributed by atoms with Crippen LogP contribution in [0.1, 0.15) is 37.5 Å². The fraction of sp³-hybridized carbons (Fsp3) is 0.733. The lowest BCUT2D eigenvalue weighted by Crippen LogP contribution is -2.35. The summed E-state index contributed by atoms with van der Waals surface area (Å²) >= 11 is 0. The number of aromatic nitrogens is 2. The van der Waals surface area contributed by atoms with Crippen LogP contribution in [0.4, 0.5) is 5.82 Å². The number of piperidine rings is 1. The van der Waals surface area contributed by atoms with Crippen LogP contribution < -0.4 is 10.6 Å². The Kier molecular flexibility index (Phi) is 5.03. The summed E-state index contributed by atoms with van der Waals surface area (Å²) in [4.78, 5) is 21.6. The van der Waals surface area contributed by atoms with Crippen LogP contribution in [-0.2, 0) is 4.74 Å². The standard InChI is InChI=1S/C15H22N6O3/c1-10-8-21(13-7-11(18-19-16)12(9-22)24-13)15(23)17-14(10)20-5-3-2-4-6-20/h8,11-13,22H,2-7,9H2,1H3/t11-,12+,13+/m0/s1. The first kappa shape index (κ1) is 16.8. The van der Waals surface area contributed by atoms with Gasteiger partial charge in [0.2, 0.25) is 0 Å². The van der Waals surface area contributed by atoms with Crippen molar-refractivity contribution in [2.45, 2.75) is 51.0 Å². The van der Waals surface area contributed by atoms with E-state index in [0.29, 0.717) is 6.42 Å². The molecule has 3 heterocycles. The minimum Gasteiger partial charge on any atom is -0.394 e. The highest BCUT2D eigenvalue weighted by Crippen LogP contribution is 2.30. The maximum Gasteiger partial charge on any atom is 0.351 e. The number of aliphatic hydroxyl groups excluding tert-OH is 1. The maximum absolute atomic E-state index is 12.5. The van der Waals surface area contributed by atoms with Crippen molar-refractivity contribution < 1.29 is 9.84 Å². The number of rotatable bonds is 4. The third-order valence-electron chi connectivity index (χ3n) is 4.66. The number of azide groups is 1. The zero-order valence-electron chi connectivity index (χ0n) is 13.7. The van der Waals surface area contributed by atoms with E-state index in [2.05, 4.69) is 19.9 Å². The summed E-state index contributed by atoms with van der Waals surface area (Å²) in [6, 6.07) is -0.487. The Labute approximate surface area is 139 Å². The fourth-order valence-corrected chi connectivity index (χ4v) is 3.43. The molecule has 0 amide bonds. The van der Waals surface area contributed by atoms with Crippen molar-refractivity contribution in [1.82, 2.24) is 9.55 Å². The number of anilines is 1. The Morgan fingerprint density at radius 3 is 2.88 bits per heavy atom. The molecule has 3 rings (SSSR count). The van der Waals surface area contributed by atoms with Crippen molar-refractivity contribution in [2.24, 2.45) is 5.11 Å². The van der Waals surface area contributed by atoms with E-state index in [1.54, 1.807) is 6.20 Å². The van der Waals surface area contributed by atoms with Gasteiger partial charge in [-0.2, -0.15) is 4.98 Å². The van der Waals surface area contributed by atoms with Crippen LogP contribution in [0, 0.1) is 6.92 Å². The molecule has 9 heteroatoms. The molecule has 2 fully saturated rings. The largest absolute Gasteiger partial charge is 0.394 e. The zero-order chi connectivity index (χ0) is 17.1. The van der Waals surface area contributed by atoms with Crippen LogP contribution in [-0.4, -0.2) is 46.5 Å². The highest BCUT2D eigenvalue weighted by atomic mass is 16.5. The van der Waals surface area contributed by atoms with E-state index in [4.69, 9.17) is 10.3 Å². The molecule has 2 aliphatic heterocycles. The van der Waals surface area contributed by atoms with Gasteiger partial charge in [-0.05, 0) is 31.7 Å². The molecule has 130 valence electrons. The smallest absolute Gasteiger partial charge is 0.351 e. The van der Waals surface area contributed by atoms with E-state index in [9.17, 15) is 9.90 Å². The third kappa shape index (κ3) is 3.24. The van der Waals surface area contributed by atoms with Gasteiger partial charge >= 0.3 is 5.69 Å². The Hall–Kier alpha value is -2.09. The summed E-state index contributed by atoms with van der Waals surface area (Å²) in [7, 11) is 0. The molecule has 1 aromatic rings. The first-order chi connectivity index (χ1) is 11.6. The number of nitrogens with zero attached hydrogens (tertiary/aromatic N) is 6. The predicted molar refractivity (Wildman–Crippen MR) is 87.8 cm³/mol. The number of aliphatic hydroxyl groups is 1. The molecule has 0 bridgehead atoms. The van der Waals surface area contributed by atoms with Gasteiger partial charge in [0, 0.05) is 36.2 Å². The molecule has 2 aliphatic rings. The summed E-state index contributed by atoms with van der Waals surface area (Å²) in [6.07, 6.45) is 4.36. The van der Waals surface area contributed by atoms with Gasteiger partial charge in [-0.15, -0.1) is 0 Å². The first-order valence-electron chi connectivity index (χ1n) is 8.29. The molecule has 1 aromatic heterocycles. The second-order valence-corrected chi connectivity index (χ2v) is 6.30. The molecule has 3 atom stereocenters. The average Bonchev–Trinajstić information content (AvgIpc) is 3.00. The van der Waals surface area contributed by atoms with Crippen LogP contribution in [0.2, 0.25) is 0 Å². The molecule has 0 aliphatic carbocycles. The molecular formula is C15H22N6O3. The lowest BCUT2D eigenvalue weighted by Gasteiger charge is -2.29. The Morgan fingerprint density at radius 2 is 2.21 bits per heavy atom. The first-order valence-corrected chi connectivity index (χ1v) is 8.29. The van der Waals surface area contributed by atoms with Crippen LogP contribution in [0.5, 0.6) is 0 Å². The highest BCUT2D eigenvalue weighted by molar-refractivity contribution is 5.45. The molecule has 0 saturated carbocycles. The summed E-state index contributed by atoms with van der Waals surface area (Å²) in [5.41, 5.74) is 9.14. The monoisotopic (exact) mass is 334 g/mol. The molecule has 0 spiro atoms. The van der Waals surface area contributed by atoms with Crippen molar-refractivity contribution in [3.8, 4) is 0 Å². The van der Waals surface area contributed by atoms with E-state index in [1.165, 1.54) is 11.0 Å². The van der Waals surface area contributed by atoms with E-state index in [0.717, 1.165) is 37.3 Å².